The van der Waals surface area contributed by atoms with E-state index in [-0.39, 0.29) is 12.3 Å². The number of ether oxygens (including phenoxy) is 3. The van der Waals surface area contributed by atoms with Gasteiger partial charge in [-0.2, -0.15) is 0 Å². The number of carbonyl (C=O) groups excluding carboxylic acids is 4. The second-order valence-electron chi connectivity index (χ2n) is 6.89. The van der Waals surface area contributed by atoms with Crippen LogP contribution in [0, 0.1) is 0 Å². The Kier molecular flexibility index (Phi) is 7.63. The van der Waals surface area contributed by atoms with Gasteiger partial charge in [0.15, 0.2) is 18.1 Å². The maximum atomic E-state index is 12.1. The Morgan fingerprint density at radius 1 is 1.00 bits per heavy atom. The Labute approximate surface area is 184 Å². The van der Waals surface area contributed by atoms with E-state index in [0.717, 1.165) is 5.56 Å². The van der Waals surface area contributed by atoms with Crippen LogP contribution < -0.4 is 25.4 Å². The molecule has 0 saturated carbocycles. The van der Waals surface area contributed by atoms with Gasteiger partial charge in [-0.05, 0) is 17.7 Å². The number of anilines is 1. The second-order valence-corrected chi connectivity index (χ2v) is 6.89. The number of hydrogen-bond acceptors (Lipinski definition) is 7. The lowest BCUT2D eigenvalue weighted by molar-refractivity contribution is -0.148. The smallest absolute Gasteiger partial charge is 0.325 e. The lowest BCUT2D eigenvalue weighted by atomic mass is 10.0. The van der Waals surface area contributed by atoms with Crippen molar-refractivity contribution in [1.82, 2.24) is 10.6 Å². The highest BCUT2D eigenvalue weighted by molar-refractivity contribution is 6.02. The van der Waals surface area contributed by atoms with Gasteiger partial charge in [0.25, 0.3) is 5.91 Å². The Morgan fingerprint density at radius 3 is 2.44 bits per heavy atom. The van der Waals surface area contributed by atoms with Gasteiger partial charge in [-0.1, -0.05) is 30.3 Å². The van der Waals surface area contributed by atoms with Crippen LogP contribution in [0.15, 0.2) is 48.5 Å². The zero-order valence-electron chi connectivity index (χ0n) is 17.4. The lowest BCUT2D eigenvalue weighted by Gasteiger charge is -2.19. The molecule has 1 heterocycles. The molecule has 3 rings (SSSR count). The highest BCUT2D eigenvalue weighted by atomic mass is 16.6. The van der Waals surface area contributed by atoms with E-state index in [4.69, 9.17) is 14.2 Å². The molecular weight excluding hydrogens is 418 g/mol. The van der Waals surface area contributed by atoms with Crippen LogP contribution in [0.25, 0.3) is 0 Å². The molecular formula is C22H23N3O7. The molecule has 0 unspecified atom stereocenters. The minimum atomic E-state index is -0.802. The second kappa shape index (κ2) is 10.8. The van der Waals surface area contributed by atoms with Gasteiger partial charge < -0.3 is 24.8 Å². The minimum absolute atomic E-state index is 0.166. The summed E-state index contributed by atoms with van der Waals surface area (Å²) >= 11 is 0. The Bertz CT molecular complexity index is 994. The first kappa shape index (κ1) is 22.6. The normalized spacial score (nSPS) is 12.8. The number of hydrogen-bond donors (Lipinski definition) is 3. The summed E-state index contributed by atoms with van der Waals surface area (Å²) in [6.45, 7) is 1.55. The molecule has 10 nitrogen and oxygen atoms in total. The number of benzene rings is 2. The Balaban J connectivity index is 1.45. The van der Waals surface area contributed by atoms with Crippen LogP contribution in [0.5, 0.6) is 11.5 Å². The highest BCUT2D eigenvalue weighted by Crippen LogP contribution is 2.32. The number of imide groups is 1. The van der Waals surface area contributed by atoms with Crippen LogP contribution in [-0.4, -0.2) is 43.6 Å². The molecule has 0 aliphatic carbocycles. The molecule has 0 aromatic heterocycles. The summed E-state index contributed by atoms with van der Waals surface area (Å²) in [5.41, 5.74) is 1.13. The summed E-state index contributed by atoms with van der Waals surface area (Å²) in [6, 6.07) is 12.3. The van der Waals surface area contributed by atoms with Crippen LogP contribution in [0.3, 0.4) is 0 Å². The molecule has 0 saturated heterocycles. The third-order valence-electron chi connectivity index (χ3n) is 4.37. The Hall–Kier alpha value is -4.08. The SMILES string of the molecule is CC(=O)N[C@@H](CC(=O)OCC(=O)NC(=O)Nc1ccc2c(c1)OCCO2)c1ccccc1. The maximum Gasteiger partial charge on any atom is 0.325 e. The van der Waals surface area contributed by atoms with Crippen molar-refractivity contribution < 1.29 is 33.4 Å². The molecule has 168 valence electrons. The van der Waals surface area contributed by atoms with E-state index in [1.165, 1.54) is 6.92 Å². The van der Waals surface area contributed by atoms with E-state index < -0.39 is 30.6 Å². The molecule has 1 aliphatic heterocycles. The number of rotatable bonds is 7. The van der Waals surface area contributed by atoms with Gasteiger partial charge >= 0.3 is 12.0 Å². The fourth-order valence-electron chi connectivity index (χ4n) is 3.00. The largest absolute Gasteiger partial charge is 0.486 e. The average molecular weight is 441 g/mol. The summed E-state index contributed by atoms with van der Waals surface area (Å²) in [6.07, 6.45) is -0.166. The first-order chi connectivity index (χ1) is 15.4. The van der Waals surface area contributed by atoms with Gasteiger partial charge in [-0.3, -0.25) is 19.7 Å². The summed E-state index contributed by atoms with van der Waals surface area (Å²) in [7, 11) is 0. The van der Waals surface area contributed by atoms with E-state index in [1.54, 1.807) is 42.5 Å². The molecule has 2 aromatic carbocycles. The molecule has 32 heavy (non-hydrogen) atoms. The van der Waals surface area contributed by atoms with Gasteiger partial charge in [0, 0.05) is 18.7 Å². The number of urea groups is 1. The van der Waals surface area contributed by atoms with Gasteiger partial charge in [0.05, 0.1) is 12.5 Å². The molecule has 2 aromatic rings. The molecule has 10 heteroatoms. The summed E-state index contributed by atoms with van der Waals surface area (Å²) in [5, 5.41) is 7.24. The van der Waals surface area contributed by atoms with Crippen molar-refractivity contribution in [3.05, 3.63) is 54.1 Å². The molecule has 0 bridgehead atoms. The predicted molar refractivity (Wildman–Crippen MR) is 113 cm³/mol. The highest BCUT2D eigenvalue weighted by Gasteiger charge is 2.19. The fraction of sp³-hybridized carbons (Fsp3) is 0.273. The molecule has 0 radical (unpaired) electrons. The van der Waals surface area contributed by atoms with Crippen LogP contribution in [0.1, 0.15) is 24.9 Å². The van der Waals surface area contributed by atoms with Gasteiger partial charge in [0.1, 0.15) is 13.2 Å². The molecule has 3 N–H and O–H groups in total. The number of carbonyl (C=O) groups is 4. The van der Waals surface area contributed by atoms with Crippen LogP contribution >= 0.6 is 0 Å². The zero-order chi connectivity index (χ0) is 22.9. The van der Waals surface area contributed by atoms with E-state index in [1.807, 2.05) is 6.07 Å². The first-order valence-electron chi connectivity index (χ1n) is 9.89. The van der Waals surface area contributed by atoms with Crippen LogP contribution in [0.4, 0.5) is 10.5 Å². The summed E-state index contributed by atoms with van der Waals surface area (Å²) in [5.74, 6) is -0.751. The summed E-state index contributed by atoms with van der Waals surface area (Å²) in [4.78, 5) is 47.6. The number of amides is 4. The van der Waals surface area contributed by atoms with Gasteiger partial charge in [-0.15, -0.1) is 0 Å². The number of nitrogens with one attached hydrogen (secondary N) is 3. The lowest BCUT2D eigenvalue weighted by Crippen LogP contribution is -2.37. The van der Waals surface area contributed by atoms with Crippen LogP contribution in [-0.2, 0) is 19.1 Å². The van der Waals surface area contributed by atoms with Gasteiger partial charge in [0.2, 0.25) is 5.91 Å². The monoisotopic (exact) mass is 441 g/mol. The average Bonchev–Trinajstić information content (AvgIpc) is 2.77. The number of fused-ring (bicyclic) bond motifs is 1. The minimum Gasteiger partial charge on any atom is -0.486 e. The van der Waals surface area contributed by atoms with Crippen molar-refractivity contribution in [1.29, 1.82) is 0 Å². The zero-order valence-corrected chi connectivity index (χ0v) is 17.4. The molecule has 1 atom stereocenters. The Morgan fingerprint density at radius 2 is 1.72 bits per heavy atom. The van der Waals surface area contributed by atoms with E-state index >= 15 is 0 Å². The van der Waals surface area contributed by atoms with Crippen molar-refractivity contribution in [3.63, 3.8) is 0 Å². The topological polar surface area (TPSA) is 132 Å². The first-order valence-corrected chi connectivity index (χ1v) is 9.89. The van der Waals surface area contributed by atoms with E-state index in [0.29, 0.717) is 30.4 Å². The van der Waals surface area contributed by atoms with Crippen molar-refractivity contribution in [2.45, 2.75) is 19.4 Å². The van der Waals surface area contributed by atoms with Gasteiger partial charge in [-0.25, -0.2) is 4.79 Å². The quantitative estimate of drug-likeness (QED) is 0.559. The number of esters is 1. The summed E-state index contributed by atoms with van der Waals surface area (Å²) < 4.78 is 15.8. The van der Waals surface area contributed by atoms with E-state index in [9.17, 15) is 19.2 Å². The standard InChI is InChI=1S/C22H23N3O7/c1-14(26)23-17(15-5-3-2-4-6-15)12-21(28)32-13-20(27)25-22(29)24-16-7-8-18-19(11-16)31-10-9-30-18/h2-8,11,17H,9-10,12-13H2,1H3,(H,23,26)(H2,24,25,27,29)/t17-/m0/s1. The maximum absolute atomic E-state index is 12.1. The third kappa shape index (κ3) is 6.73. The van der Waals surface area contributed by atoms with Crippen molar-refractivity contribution in [2.75, 3.05) is 25.1 Å². The fourth-order valence-corrected chi connectivity index (χ4v) is 3.00. The third-order valence-corrected chi connectivity index (χ3v) is 4.37. The molecule has 0 spiro atoms. The molecule has 4 amide bonds. The van der Waals surface area contributed by atoms with Crippen LogP contribution in [0.2, 0.25) is 0 Å². The van der Waals surface area contributed by atoms with Crippen molar-refractivity contribution in [3.8, 4) is 11.5 Å². The van der Waals surface area contributed by atoms with Crippen molar-refractivity contribution >= 4 is 29.5 Å². The van der Waals surface area contributed by atoms with Crippen molar-refractivity contribution in [2.24, 2.45) is 0 Å². The van der Waals surface area contributed by atoms with E-state index in [2.05, 4.69) is 16.0 Å². The predicted octanol–water partition coefficient (Wildman–Crippen LogP) is 1.92. The molecule has 1 aliphatic rings. The molecule has 0 fully saturated rings.